The summed E-state index contributed by atoms with van der Waals surface area (Å²) in [6.45, 7) is 3.85. The fourth-order valence-corrected chi connectivity index (χ4v) is 2.40. The van der Waals surface area contributed by atoms with Crippen LogP contribution in [0.1, 0.15) is 18.2 Å². The molecule has 0 radical (unpaired) electrons. The van der Waals surface area contributed by atoms with Gasteiger partial charge in [0.15, 0.2) is 0 Å². The lowest BCUT2D eigenvalue weighted by molar-refractivity contribution is 0.0130. The number of ether oxygens (including phenoxy) is 1. The molecular weight excluding hydrogens is 286 g/mol. The van der Waals surface area contributed by atoms with Gasteiger partial charge in [0.1, 0.15) is 5.75 Å². The minimum Gasteiger partial charge on any atom is -0.461 e. The van der Waals surface area contributed by atoms with Crippen LogP contribution in [0.4, 0.5) is 0 Å². The van der Waals surface area contributed by atoms with Crippen LogP contribution >= 0.6 is 0 Å². The van der Waals surface area contributed by atoms with Crippen molar-refractivity contribution in [2.45, 2.75) is 20.1 Å². The Morgan fingerprint density at radius 3 is 2.52 bits per heavy atom. The van der Waals surface area contributed by atoms with Crippen LogP contribution in [0.15, 0.2) is 66.2 Å². The maximum Gasteiger partial charge on any atom is 0.220 e. The molecule has 3 heteroatoms. The molecule has 4 rings (SSSR count). The number of hydrogen-bond donors (Lipinski definition) is 1. The van der Waals surface area contributed by atoms with Gasteiger partial charge < -0.3 is 9.84 Å². The third kappa shape index (κ3) is 3.58. The number of aliphatic hydroxyl groups excluding tert-OH is 1. The Morgan fingerprint density at radius 1 is 0.913 bits per heavy atom. The van der Waals surface area contributed by atoms with E-state index in [9.17, 15) is 5.11 Å². The Hall–Kier alpha value is -2.65. The zero-order chi connectivity index (χ0) is 16.2. The summed E-state index contributed by atoms with van der Waals surface area (Å²) >= 11 is 0. The molecule has 3 aromatic rings. The Morgan fingerprint density at radius 2 is 1.65 bits per heavy atom. The van der Waals surface area contributed by atoms with Crippen LogP contribution in [0.5, 0.6) is 5.75 Å². The predicted octanol–water partition coefficient (Wildman–Crippen LogP) is 4.34. The molecule has 1 unspecified atom stereocenters. The molecule has 0 amide bonds. The standard InChI is InChI=1S/C10H9N.C10H10O2/c1-8-6-7-9-4-2-3-5-10(9)11-8;1-7-6-8-4-2-3-5-9(8)12-10(7)11/h2-7H,1H3;2-6,10-11H,1H3. The van der Waals surface area contributed by atoms with Gasteiger partial charge in [0.25, 0.3) is 0 Å². The van der Waals surface area contributed by atoms with Gasteiger partial charge in [0.05, 0.1) is 5.52 Å². The van der Waals surface area contributed by atoms with Gasteiger partial charge >= 0.3 is 0 Å². The molecule has 1 N–H and O–H groups in total. The zero-order valence-electron chi connectivity index (χ0n) is 13.2. The molecule has 2 aromatic carbocycles. The van der Waals surface area contributed by atoms with Crippen LogP contribution in [-0.2, 0) is 0 Å². The maximum atomic E-state index is 9.33. The van der Waals surface area contributed by atoms with E-state index in [4.69, 9.17) is 4.74 Å². The molecule has 1 aliphatic rings. The summed E-state index contributed by atoms with van der Waals surface area (Å²) in [7, 11) is 0. The third-order valence-corrected chi connectivity index (χ3v) is 3.67. The number of hydrogen-bond acceptors (Lipinski definition) is 3. The van der Waals surface area contributed by atoms with Crippen molar-refractivity contribution in [1.82, 2.24) is 4.98 Å². The number of para-hydroxylation sites is 2. The van der Waals surface area contributed by atoms with Crippen molar-refractivity contribution in [3.8, 4) is 5.75 Å². The summed E-state index contributed by atoms with van der Waals surface area (Å²) in [5, 5.41) is 10.5. The molecule has 0 fully saturated rings. The van der Waals surface area contributed by atoms with E-state index in [0.717, 1.165) is 28.1 Å². The van der Waals surface area contributed by atoms with Crippen molar-refractivity contribution in [3.05, 3.63) is 77.5 Å². The van der Waals surface area contributed by atoms with Gasteiger partial charge in [-0.05, 0) is 43.7 Å². The van der Waals surface area contributed by atoms with Crippen molar-refractivity contribution in [3.63, 3.8) is 0 Å². The van der Waals surface area contributed by atoms with Crippen molar-refractivity contribution < 1.29 is 9.84 Å². The molecule has 1 aromatic heterocycles. The van der Waals surface area contributed by atoms with Gasteiger partial charge in [-0.3, -0.25) is 4.98 Å². The largest absolute Gasteiger partial charge is 0.461 e. The first-order valence-electron chi connectivity index (χ1n) is 7.58. The molecule has 23 heavy (non-hydrogen) atoms. The first kappa shape index (κ1) is 15.3. The third-order valence-electron chi connectivity index (χ3n) is 3.67. The van der Waals surface area contributed by atoms with Crippen LogP contribution < -0.4 is 4.74 Å². The fraction of sp³-hybridized carbons (Fsp3) is 0.150. The summed E-state index contributed by atoms with van der Waals surface area (Å²) in [5.74, 6) is 0.746. The quantitative estimate of drug-likeness (QED) is 0.671. The molecule has 1 aliphatic heterocycles. The second-order valence-corrected chi connectivity index (χ2v) is 5.54. The number of aryl methyl sites for hydroxylation is 1. The minimum absolute atomic E-state index is 0.746. The molecule has 3 nitrogen and oxygen atoms in total. The lowest BCUT2D eigenvalue weighted by atomic mass is 10.1. The second kappa shape index (κ2) is 6.63. The average Bonchev–Trinajstić information content (AvgIpc) is 2.56. The lowest BCUT2D eigenvalue weighted by Gasteiger charge is -2.20. The Kier molecular flexibility index (Phi) is 4.40. The highest BCUT2D eigenvalue weighted by Gasteiger charge is 2.15. The molecular formula is C20H19NO2. The van der Waals surface area contributed by atoms with Crippen molar-refractivity contribution in [2.75, 3.05) is 0 Å². The number of pyridine rings is 1. The van der Waals surface area contributed by atoms with E-state index in [-0.39, 0.29) is 0 Å². The van der Waals surface area contributed by atoms with Gasteiger partial charge in [0.2, 0.25) is 6.29 Å². The monoisotopic (exact) mass is 305 g/mol. The number of aromatic nitrogens is 1. The Balaban J connectivity index is 0.000000136. The number of nitrogens with zero attached hydrogens (tertiary/aromatic N) is 1. The van der Waals surface area contributed by atoms with Crippen LogP contribution in [0.2, 0.25) is 0 Å². The summed E-state index contributed by atoms with van der Waals surface area (Å²) in [6, 6.07) is 19.9. The van der Waals surface area contributed by atoms with Crippen LogP contribution in [-0.4, -0.2) is 16.4 Å². The first-order valence-corrected chi connectivity index (χ1v) is 7.58. The van der Waals surface area contributed by atoms with E-state index >= 15 is 0 Å². The van der Waals surface area contributed by atoms with E-state index in [1.807, 2.05) is 68.5 Å². The smallest absolute Gasteiger partial charge is 0.220 e. The summed E-state index contributed by atoms with van der Waals surface area (Å²) in [5.41, 5.74) is 4.02. The predicted molar refractivity (Wildman–Crippen MR) is 93.2 cm³/mol. The van der Waals surface area contributed by atoms with Gasteiger partial charge in [-0.25, -0.2) is 0 Å². The summed E-state index contributed by atoms with van der Waals surface area (Å²) < 4.78 is 5.23. The normalized spacial score (nSPS) is 15.8. The second-order valence-electron chi connectivity index (χ2n) is 5.54. The molecule has 0 saturated carbocycles. The number of fused-ring (bicyclic) bond motifs is 2. The van der Waals surface area contributed by atoms with E-state index in [0.29, 0.717) is 0 Å². The van der Waals surface area contributed by atoms with Gasteiger partial charge in [0, 0.05) is 16.6 Å². The highest BCUT2D eigenvalue weighted by molar-refractivity contribution is 5.78. The van der Waals surface area contributed by atoms with E-state index in [2.05, 4.69) is 17.1 Å². The summed E-state index contributed by atoms with van der Waals surface area (Å²) in [6.07, 6.45) is 1.16. The van der Waals surface area contributed by atoms with Crippen molar-refractivity contribution in [1.29, 1.82) is 0 Å². The fourth-order valence-electron chi connectivity index (χ4n) is 2.40. The maximum absolute atomic E-state index is 9.33. The van der Waals surface area contributed by atoms with E-state index < -0.39 is 6.29 Å². The minimum atomic E-state index is -0.778. The average molecular weight is 305 g/mol. The molecule has 0 saturated heterocycles. The molecule has 2 heterocycles. The first-order chi connectivity index (χ1) is 11.1. The van der Waals surface area contributed by atoms with E-state index in [1.54, 1.807) is 0 Å². The molecule has 0 spiro atoms. The molecule has 116 valence electrons. The van der Waals surface area contributed by atoms with Crippen LogP contribution in [0.25, 0.3) is 17.0 Å². The van der Waals surface area contributed by atoms with Gasteiger partial charge in [-0.15, -0.1) is 0 Å². The topological polar surface area (TPSA) is 42.4 Å². The van der Waals surface area contributed by atoms with Crippen molar-refractivity contribution in [2.24, 2.45) is 0 Å². The van der Waals surface area contributed by atoms with Gasteiger partial charge in [-0.2, -0.15) is 0 Å². The molecule has 1 atom stereocenters. The number of benzene rings is 2. The van der Waals surface area contributed by atoms with Crippen LogP contribution in [0.3, 0.4) is 0 Å². The number of rotatable bonds is 0. The SMILES string of the molecule is CC1=Cc2ccccc2OC1O.Cc1ccc2ccccc2n1. The zero-order valence-corrected chi connectivity index (χ0v) is 13.2. The van der Waals surface area contributed by atoms with Crippen molar-refractivity contribution >= 4 is 17.0 Å². The number of aliphatic hydroxyl groups is 1. The lowest BCUT2D eigenvalue weighted by Crippen LogP contribution is -2.20. The summed E-state index contributed by atoms with van der Waals surface area (Å²) in [4.78, 5) is 4.38. The molecule has 0 aliphatic carbocycles. The Bertz CT molecular complexity index is 855. The van der Waals surface area contributed by atoms with E-state index in [1.165, 1.54) is 5.39 Å². The highest BCUT2D eigenvalue weighted by atomic mass is 16.6. The molecule has 0 bridgehead atoms. The Labute approximate surface area is 135 Å². The van der Waals surface area contributed by atoms with Gasteiger partial charge in [-0.1, -0.05) is 42.5 Å². The van der Waals surface area contributed by atoms with Crippen LogP contribution in [0, 0.1) is 6.92 Å². The highest BCUT2D eigenvalue weighted by Crippen LogP contribution is 2.27.